The van der Waals surface area contributed by atoms with Crippen LogP contribution in [0, 0.1) is 0 Å². The Morgan fingerprint density at radius 2 is 2.50 bits per heavy atom. The van der Waals surface area contributed by atoms with Crippen molar-refractivity contribution in [3.63, 3.8) is 0 Å². The van der Waals surface area contributed by atoms with E-state index in [4.69, 9.17) is 10.6 Å². The second kappa shape index (κ2) is 3.95. The highest BCUT2D eigenvalue weighted by Gasteiger charge is 2.14. The van der Waals surface area contributed by atoms with E-state index < -0.39 is 6.03 Å². The molecular weight excluding hydrogens is 202 g/mol. The molecule has 0 saturated heterocycles. The number of hydrogen-bond donors (Lipinski definition) is 3. The fourth-order valence-corrected chi connectivity index (χ4v) is 2.40. The zero-order valence-electron chi connectivity index (χ0n) is 7.50. The first-order valence-electron chi connectivity index (χ1n) is 4.26. The average molecular weight is 213 g/mol. The summed E-state index contributed by atoms with van der Waals surface area (Å²) in [4.78, 5) is 12.1. The van der Waals surface area contributed by atoms with Crippen molar-refractivity contribution in [1.29, 1.82) is 0 Å². The summed E-state index contributed by atoms with van der Waals surface area (Å²) in [5, 5.41) is 3.45. The van der Waals surface area contributed by atoms with Gasteiger partial charge in [0.05, 0.1) is 18.2 Å². The minimum absolute atomic E-state index is 0.399. The molecule has 14 heavy (non-hydrogen) atoms. The van der Waals surface area contributed by atoms with Crippen LogP contribution in [0.2, 0.25) is 0 Å². The monoisotopic (exact) mass is 213 g/mol. The molecule has 0 aromatic carbocycles. The molecule has 1 aromatic rings. The molecule has 6 heteroatoms. The first kappa shape index (κ1) is 9.45. The number of nitrogens with two attached hydrogens (primary N) is 1. The molecular formula is C8H11N3O2S. The van der Waals surface area contributed by atoms with Gasteiger partial charge in [-0.3, -0.25) is 10.7 Å². The molecule has 0 atom stereocenters. The molecule has 1 aromatic heterocycles. The van der Waals surface area contributed by atoms with Crippen molar-refractivity contribution < 1.29 is 9.53 Å². The molecule has 2 heterocycles. The molecule has 0 radical (unpaired) electrons. The molecule has 76 valence electrons. The Morgan fingerprint density at radius 3 is 3.21 bits per heavy atom. The van der Waals surface area contributed by atoms with Crippen molar-refractivity contribution in [3.05, 3.63) is 16.5 Å². The topological polar surface area (TPSA) is 76.4 Å². The number of urea groups is 1. The van der Waals surface area contributed by atoms with Gasteiger partial charge in [-0.2, -0.15) is 0 Å². The van der Waals surface area contributed by atoms with Gasteiger partial charge in [0, 0.05) is 4.88 Å². The Hall–Kier alpha value is -1.11. The molecule has 2 amide bonds. The average Bonchev–Trinajstić information content (AvgIpc) is 2.59. The fourth-order valence-electron chi connectivity index (χ4n) is 1.36. The lowest BCUT2D eigenvalue weighted by atomic mass is 10.2. The van der Waals surface area contributed by atoms with E-state index in [1.165, 1.54) is 21.8 Å². The molecule has 0 bridgehead atoms. The van der Waals surface area contributed by atoms with Crippen molar-refractivity contribution in [2.24, 2.45) is 5.84 Å². The quantitative estimate of drug-likeness (QED) is 0.367. The molecule has 2 rings (SSSR count). The number of amides is 2. The van der Waals surface area contributed by atoms with E-state index in [1.807, 2.05) is 11.5 Å². The minimum atomic E-state index is -0.399. The van der Waals surface area contributed by atoms with Crippen LogP contribution in [0.1, 0.15) is 10.4 Å². The third-order valence-corrected chi connectivity index (χ3v) is 3.08. The maximum Gasteiger partial charge on any atom is 0.333 e. The summed E-state index contributed by atoms with van der Waals surface area (Å²) < 4.78 is 5.30. The molecule has 0 spiro atoms. The molecule has 4 N–H and O–H groups in total. The van der Waals surface area contributed by atoms with Crippen molar-refractivity contribution in [2.45, 2.75) is 13.0 Å². The minimum Gasteiger partial charge on any atom is -0.376 e. The van der Waals surface area contributed by atoms with Crippen LogP contribution in [0.5, 0.6) is 0 Å². The summed E-state index contributed by atoms with van der Waals surface area (Å²) in [7, 11) is 0. The third-order valence-electron chi connectivity index (χ3n) is 2.01. The second-order valence-corrected chi connectivity index (χ2v) is 4.10. The summed E-state index contributed by atoms with van der Waals surface area (Å²) in [5.41, 5.74) is 3.28. The zero-order valence-corrected chi connectivity index (χ0v) is 8.32. The predicted molar refractivity (Wildman–Crippen MR) is 54.0 cm³/mol. The van der Waals surface area contributed by atoms with Gasteiger partial charge in [0.25, 0.3) is 0 Å². The van der Waals surface area contributed by atoms with Crippen molar-refractivity contribution in [2.75, 3.05) is 11.9 Å². The van der Waals surface area contributed by atoms with Crippen LogP contribution in [-0.2, 0) is 17.8 Å². The van der Waals surface area contributed by atoms with Crippen LogP contribution in [0.3, 0.4) is 0 Å². The molecule has 5 nitrogen and oxygen atoms in total. The van der Waals surface area contributed by atoms with Gasteiger partial charge in [-0.05, 0) is 18.1 Å². The van der Waals surface area contributed by atoms with Crippen molar-refractivity contribution >= 4 is 22.4 Å². The highest BCUT2D eigenvalue weighted by Crippen LogP contribution is 2.30. The molecule has 0 fully saturated rings. The Morgan fingerprint density at radius 1 is 1.64 bits per heavy atom. The molecule has 0 unspecified atom stereocenters. The first-order valence-corrected chi connectivity index (χ1v) is 5.08. The van der Waals surface area contributed by atoms with Crippen LogP contribution in [0.15, 0.2) is 6.07 Å². The Kier molecular flexibility index (Phi) is 2.67. The van der Waals surface area contributed by atoms with Gasteiger partial charge in [0.2, 0.25) is 0 Å². The first-order chi connectivity index (χ1) is 6.79. The van der Waals surface area contributed by atoms with Crippen LogP contribution in [0.25, 0.3) is 0 Å². The van der Waals surface area contributed by atoms with E-state index in [-0.39, 0.29) is 0 Å². The van der Waals surface area contributed by atoms with Crippen LogP contribution in [0.4, 0.5) is 9.80 Å². The highest BCUT2D eigenvalue weighted by atomic mass is 32.1. The van der Waals surface area contributed by atoms with Crippen LogP contribution in [-0.4, -0.2) is 12.6 Å². The van der Waals surface area contributed by atoms with Gasteiger partial charge >= 0.3 is 6.03 Å². The number of nitrogens with one attached hydrogen (secondary N) is 2. The van der Waals surface area contributed by atoms with E-state index in [1.54, 1.807) is 0 Å². The highest BCUT2D eigenvalue weighted by molar-refractivity contribution is 7.16. The normalized spacial score (nSPS) is 14.6. The summed E-state index contributed by atoms with van der Waals surface area (Å²) in [5.74, 6) is 4.96. The van der Waals surface area contributed by atoms with Gasteiger partial charge < -0.3 is 4.74 Å². The summed E-state index contributed by atoms with van der Waals surface area (Å²) >= 11 is 1.53. The molecule has 0 aliphatic carbocycles. The van der Waals surface area contributed by atoms with Crippen molar-refractivity contribution in [3.8, 4) is 0 Å². The Bertz CT molecular complexity index is 327. The molecule has 1 aliphatic rings. The number of carbonyl (C=O) groups is 1. The summed E-state index contributed by atoms with van der Waals surface area (Å²) in [6, 6.07) is 1.57. The number of hydrazine groups is 1. The predicted octanol–water partition coefficient (Wildman–Crippen LogP) is 0.816. The lowest BCUT2D eigenvalue weighted by molar-refractivity contribution is 0.113. The molecule has 1 aliphatic heterocycles. The summed E-state index contributed by atoms with van der Waals surface area (Å²) in [6.45, 7) is 1.40. The van der Waals surface area contributed by atoms with Gasteiger partial charge in [0.15, 0.2) is 0 Å². The van der Waals surface area contributed by atoms with E-state index in [2.05, 4.69) is 5.32 Å². The Balaban J connectivity index is 2.12. The van der Waals surface area contributed by atoms with Gasteiger partial charge in [-0.1, -0.05) is 0 Å². The maximum atomic E-state index is 10.9. The number of hydrogen-bond acceptors (Lipinski definition) is 4. The number of thiophene rings is 1. The lowest BCUT2D eigenvalue weighted by Crippen LogP contribution is -2.34. The third kappa shape index (κ3) is 1.87. The summed E-state index contributed by atoms with van der Waals surface area (Å²) in [6.07, 6.45) is 0.914. The SMILES string of the molecule is NNC(=O)Nc1cc2c(s1)COCC2. The number of anilines is 1. The number of fused-ring (bicyclic) bond motifs is 1. The number of rotatable bonds is 1. The van der Waals surface area contributed by atoms with E-state index >= 15 is 0 Å². The van der Waals surface area contributed by atoms with Crippen molar-refractivity contribution in [1.82, 2.24) is 5.43 Å². The van der Waals surface area contributed by atoms with Gasteiger partial charge in [-0.25, -0.2) is 10.6 Å². The van der Waals surface area contributed by atoms with Crippen LogP contribution < -0.4 is 16.6 Å². The smallest absolute Gasteiger partial charge is 0.333 e. The maximum absolute atomic E-state index is 10.9. The van der Waals surface area contributed by atoms with Gasteiger partial charge in [0.1, 0.15) is 0 Å². The standard InChI is InChI=1S/C8H11N3O2S/c9-11-8(12)10-7-3-5-1-2-13-4-6(5)14-7/h3H,1-2,4,9H2,(H2,10,11,12). The van der Waals surface area contributed by atoms with E-state index in [0.717, 1.165) is 18.0 Å². The number of carbonyl (C=O) groups excluding carboxylic acids is 1. The lowest BCUT2D eigenvalue weighted by Gasteiger charge is -2.10. The van der Waals surface area contributed by atoms with Gasteiger partial charge in [-0.15, -0.1) is 11.3 Å². The number of ether oxygens (including phenoxy) is 1. The van der Waals surface area contributed by atoms with Crippen LogP contribution >= 0.6 is 11.3 Å². The van der Waals surface area contributed by atoms with E-state index in [0.29, 0.717) is 6.61 Å². The fraction of sp³-hybridized carbons (Fsp3) is 0.375. The largest absolute Gasteiger partial charge is 0.376 e. The zero-order chi connectivity index (χ0) is 9.97. The van der Waals surface area contributed by atoms with E-state index in [9.17, 15) is 4.79 Å². The second-order valence-electron chi connectivity index (χ2n) is 2.96. The Labute approximate surface area is 85.2 Å². The molecule has 0 saturated carbocycles.